The van der Waals surface area contributed by atoms with Crippen LogP contribution in [0.25, 0.3) is 0 Å². The summed E-state index contributed by atoms with van der Waals surface area (Å²) in [6.07, 6.45) is 63.7. The number of hydrogen-bond donors (Lipinski definition) is 3. The number of unbranched alkanes of at least 4 members (excludes halogenated alkanes) is 50. The molecule has 101 heavy (non-hydrogen) atoms. The van der Waals surface area contributed by atoms with Gasteiger partial charge in [0.2, 0.25) is 0 Å². The Labute approximate surface area is 619 Å². The minimum Gasteiger partial charge on any atom is -0.462 e. The van der Waals surface area contributed by atoms with E-state index in [-0.39, 0.29) is 25.7 Å². The number of aliphatic hydroxyl groups excluding tert-OH is 1. The smallest absolute Gasteiger partial charge is 0.462 e. The van der Waals surface area contributed by atoms with E-state index in [0.717, 1.165) is 102 Å². The first-order valence-corrected chi connectivity index (χ1v) is 45.5. The second-order valence-electron chi connectivity index (χ2n) is 30.2. The number of rotatable bonds is 81. The topological polar surface area (TPSA) is 237 Å². The lowest BCUT2D eigenvalue weighted by atomic mass is 9.99. The minimum absolute atomic E-state index is 0.107. The van der Waals surface area contributed by atoms with Gasteiger partial charge in [0.1, 0.15) is 19.3 Å². The average molecular weight is 1480 g/mol. The molecule has 0 aromatic heterocycles. The molecule has 0 aliphatic heterocycles. The molecule has 0 aliphatic rings. The lowest BCUT2D eigenvalue weighted by Crippen LogP contribution is -2.30. The number of phosphoric acid groups is 2. The predicted octanol–water partition coefficient (Wildman–Crippen LogP) is 24.7. The van der Waals surface area contributed by atoms with Crippen molar-refractivity contribution in [2.45, 2.75) is 452 Å². The summed E-state index contributed by atoms with van der Waals surface area (Å²) in [4.78, 5) is 73.0. The van der Waals surface area contributed by atoms with Crippen molar-refractivity contribution in [2.24, 2.45) is 11.8 Å². The van der Waals surface area contributed by atoms with E-state index in [1.807, 2.05) is 0 Å². The monoisotopic (exact) mass is 1480 g/mol. The summed E-state index contributed by atoms with van der Waals surface area (Å²) in [5, 5.41) is 10.6. The molecule has 0 amide bonds. The fourth-order valence-corrected chi connectivity index (χ4v) is 14.3. The molecule has 0 spiro atoms. The molecular weight excluding hydrogens is 1320 g/mol. The van der Waals surface area contributed by atoms with Crippen molar-refractivity contribution < 1.29 is 80.2 Å². The van der Waals surface area contributed by atoms with Crippen LogP contribution in [0, 0.1) is 11.8 Å². The van der Waals surface area contributed by atoms with Crippen LogP contribution >= 0.6 is 15.6 Å². The largest absolute Gasteiger partial charge is 0.472 e. The minimum atomic E-state index is -4.96. The van der Waals surface area contributed by atoms with Gasteiger partial charge in [0.05, 0.1) is 26.4 Å². The number of ether oxygens (including phenoxy) is 4. The summed E-state index contributed by atoms with van der Waals surface area (Å²) in [5.41, 5.74) is 0. The van der Waals surface area contributed by atoms with Gasteiger partial charge in [-0.2, -0.15) is 0 Å². The number of carbonyl (C=O) groups is 4. The molecule has 6 atom stereocenters. The van der Waals surface area contributed by atoms with Crippen molar-refractivity contribution in [1.29, 1.82) is 0 Å². The summed E-state index contributed by atoms with van der Waals surface area (Å²) in [6.45, 7) is 9.70. The van der Waals surface area contributed by atoms with Crippen molar-refractivity contribution in [2.75, 3.05) is 39.6 Å². The molecule has 0 aromatic carbocycles. The summed E-state index contributed by atoms with van der Waals surface area (Å²) < 4.78 is 68.7. The van der Waals surface area contributed by atoms with Crippen molar-refractivity contribution in [1.82, 2.24) is 0 Å². The molecule has 0 bridgehead atoms. The maximum absolute atomic E-state index is 13.1. The van der Waals surface area contributed by atoms with E-state index in [1.54, 1.807) is 0 Å². The molecule has 0 aliphatic carbocycles. The Morgan fingerprint density at radius 1 is 0.287 bits per heavy atom. The molecule has 17 nitrogen and oxygen atoms in total. The van der Waals surface area contributed by atoms with E-state index in [4.69, 9.17) is 37.0 Å². The molecular formula is C82H160O17P2. The van der Waals surface area contributed by atoms with Crippen LogP contribution in [-0.2, 0) is 65.4 Å². The number of hydrogen-bond acceptors (Lipinski definition) is 15. The quantitative estimate of drug-likeness (QED) is 0.0222. The Morgan fingerprint density at radius 3 is 0.752 bits per heavy atom. The van der Waals surface area contributed by atoms with Gasteiger partial charge < -0.3 is 33.8 Å². The molecule has 0 aromatic rings. The molecule has 0 rings (SSSR count). The van der Waals surface area contributed by atoms with Crippen LogP contribution in [0.3, 0.4) is 0 Å². The molecule has 600 valence electrons. The van der Waals surface area contributed by atoms with Crippen LogP contribution in [0.15, 0.2) is 0 Å². The maximum atomic E-state index is 13.1. The Morgan fingerprint density at radius 2 is 0.505 bits per heavy atom. The molecule has 0 heterocycles. The zero-order chi connectivity index (χ0) is 74.2. The SMILES string of the molecule is CCCCCCCCCCCCCCCCCCC(=O)OC[C@H](COP(=O)(O)OC[C@@H](O)COP(=O)(O)OC[C@@H](COC(=O)CCCCCCCCCCCC)OC(=O)CCCCCCCCCCCCC(C)CC)OC(=O)CCCCCCCCCCCCCCCCCCCCC(C)C. The normalized spacial score (nSPS) is 14.2. The van der Waals surface area contributed by atoms with Crippen LogP contribution in [0.5, 0.6) is 0 Å². The Hall–Kier alpha value is -1.94. The van der Waals surface area contributed by atoms with Gasteiger partial charge in [0.25, 0.3) is 0 Å². The molecule has 0 fully saturated rings. The number of esters is 4. The van der Waals surface area contributed by atoms with Crippen molar-refractivity contribution >= 4 is 39.5 Å². The molecule has 3 unspecified atom stereocenters. The highest BCUT2D eigenvalue weighted by atomic mass is 31.2. The van der Waals surface area contributed by atoms with Crippen molar-refractivity contribution in [3.63, 3.8) is 0 Å². The molecule has 0 saturated heterocycles. The molecule has 0 radical (unpaired) electrons. The van der Waals surface area contributed by atoms with E-state index in [2.05, 4.69) is 41.5 Å². The fraction of sp³-hybridized carbons (Fsp3) is 0.951. The third kappa shape index (κ3) is 74.7. The number of carbonyl (C=O) groups excluding carboxylic acids is 4. The first-order chi connectivity index (χ1) is 48.9. The Kier molecular flexibility index (Phi) is 72.2. The van der Waals surface area contributed by atoms with Gasteiger partial charge in [-0.1, -0.05) is 382 Å². The Bertz CT molecular complexity index is 1940. The highest BCUT2D eigenvalue weighted by Crippen LogP contribution is 2.45. The number of aliphatic hydroxyl groups is 1. The lowest BCUT2D eigenvalue weighted by Gasteiger charge is -2.21. The first-order valence-electron chi connectivity index (χ1n) is 42.5. The second-order valence-corrected chi connectivity index (χ2v) is 33.1. The zero-order valence-corrected chi connectivity index (χ0v) is 68.0. The summed E-state index contributed by atoms with van der Waals surface area (Å²) >= 11 is 0. The standard InChI is InChI=1S/C82H160O17P2/c1-7-10-12-14-16-18-20-21-22-28-31-34-41-47-53-59-65-80(85)93-71-78(98-81(86)66-60-54-48-42-35-32-29-26-24-23-25-27-30-33-38-44-50-56-62-74(4)5)73-97-101(90,91)95-69-76(83)68-94-100(88,89)96-72-77(70-92-79(84)64-58-52-46-40-19-17-15-13-11-8-2)99-82(87)67-61-55-49-43-37-36-39-45-51-57-63-75(6)9-3/h74-78,83H,7-73H2,1-6H3,(H,88,89)(H,90,91)/t75?,76-,77+,78+/m0/s1. The van der Waals surface area contributed by atoms with E-state index in [9.17, 15) is 43.2 Å². The van der Waals surface area contributed by atoms with Crippen LogP contribution in [0.2, 0.25) is 0 Å². The Balaban J connectivity index is 5.23. The van der Waals surface area contributed by atoms with E-state index in [1.165, 1.54) is 250 Å². The van der Waals surface area contributed by atoms with Gasteiger partial charge in [-0.05, 0) is 37.5 Å². The van der Waals surface area contributed by atoms with Crippen molar-refractivity contribution in [3.8, 4) is 0 Å². The number of phosphoric ester groups is 2. The van der Waals surface area contributed by atoms with E-state index < -0.39 is 97.5 Å². The lowest BCUT2D eigenvalue weighted by molar-refractivity contribution is -0.161. The van der Waals surface area contributed by atoms with Crippen LogP contribution in [0.1, 0.15) is 433 Å². The van der Waals surface area contributed by atoms with Gasteiger partial charge in [-0.15, -0.1) is 0 Å². The highest BCUT2D eigenvalue weighted by Gasteiger charge is 2.30. The molecule has 3 N–H and O–H groups in total. The summed E-state index contributed by atoms with van der Waals surface area (Å²) in [5.74, 6) is -0.483. The van der Waals surface area contributed by atoms with Gasteiger partial charge in [-0.25, -0.2) is 9.13 Å². The first kappa shape index (κ1) is 99.1. The fourth-order valence-electron chi connectivity index (χ4n) is 12.7. The summed E-state index contributed by atoms with van der Waals surface area (Å²) in [7, 11) is -9.92. The van der Waals surface area contributed by atoms with Gasteiger partial charge >= 0.3 is 39.5 Å². The summed E-state index contributed by atoms with van der Waals surface area (Å²) in [6, 6.07) is 0. The van der Waals surface area contributed by atoms with Crippen LogP contribution < -0.4 is 0 Å². The molecule has 0 saturated carbocycles. The van der Waals surface area contributed by atoms with E-state index >= 15 is 0 Å². The van der Waals surface area contributed by atoms with Crippen LogP contribution in [0.4, 0.5) is 0 Å². The zero-order valence-electron chi connectivity index (χ0n) is 66.2. The van der Waals surface area contributed by atoms with Gasteiger partial charge in [-0.3, -0.25) is 37.3 Å². The van der Waals surface area contributed by atoms with Crippen LogP contribution in [-0.4, -0.2) is 96.7 Å². The second kappa shape index (κ2) is 73.6. The van der Waals surface area contributed by atoms with E-state index in [0.29, 0.717) is 25.7 Å². The predicted molar refractivity (Wildman–Crippen MR) is 414 cm³/mol. The van der Waals surface area contributed by atoms with Gasteiger partial charge in [0, 0.05) is 25.7 Å². The third-order valence-electron chi connectivity index (χ3n) is 19.6. The third-order valence-corrected chi connectivity index (χ3v) is 21.5. The van der Waals surface area contributed by atoms with Gasteiger partial charge in [0.15, 0.2) is 12.2 Å². The highest BCUT2D eigenvalue weighted by molar-refractivity contribution is 7.47. The molecule has 19 heteroatoms. The average Bonchev–Trinajstić information content (AvgIpc) is 0.921. The maximum Gasteiger partial charge on any atom is 0.472 e. The van der Waals surface area contributed by atoms with Crippen molar-refractivity contribution in [3.05, 3.63) is 0 Å².